The van der Waals surface area contributed by atoms with Crippen molar-refractivity contribution in [3.63, 3.8) is 0 Å². The summed E-state index contributed by atoms with van der Waals surface area (Å²) < 4.78 is 0. The molecule has 0 atom stereocenters. The monoisotopic (exact) mass is 289 g/mol. The number of anilines is 2. The molecule has 4 heteroatoms. The normalized spacial score (nSPS) is 10.8. The molecule has 0 aliphatic rings. The van der Waals surface area contributed by atoms with Crippen LogP contribution in [0.2, 0.25) is 0 Å². The molecule has 3 nitrogen and oxygen atoms in total. The molecule has 0 unspecified atom stereocenters. The number of thiazole rings is 1. The second kappa shape index (κ2) is 6.37. The highest BCUT2D eigenvalue weighted by Gasteiger charge is 2.14. The van der Waals surface area contributed by atoms with Crippen LogP contribution in [0.3, 0.4) is 0 Å². The summed E-state index contributed by atoms with van der Waals surface area (Å²) in [7, 11) is 4.07. The third-order valence-electron chi connectivity index (χ3n) is 3.32. The molecule has 1 N–H and O–H groups in total. The fraction of sp³-hybridized carbons (Fsp3) is 0.438. The van der Waals surface area contributed by atoms with Gasteiger partial charge in [-0.05, 0) is 50.6 Å². The van der Waals surface area contributed by atoms with Gasteiger partial charge in [0, 0.05) is 24.2 Å². The van der Waals surface area contributed by atoms with E-state index in [-0.39, 0.29) is 0 Å². The van der Waals surface area contributed by atoms with Gasteiger partial charge in [-0.25, -0.2) is 4.98 Å². The lowest BCUT2D eigenvalue weighted by molar-refractivity contribution is 0.814. The van der Waals surface area contributed by atoms with E-state index < -0.39 is 0 Å². The first-order valence-electron chi connectivity index (χ1n) is 7.00. The van der Waals surface area contributed by atoms with E-state index in [1.807, 2.05) is 7.05 Å². The minimum absolute atomic E-state index is 0.890. The lowest BCUT2D eigenvalue weighted by Gasteiger charge is -2.17. The van der Waals surface area contributed by atoms with E-state index in [2.05, 4.69) is 56.2 Å². The Morgan fingerprint density at radius 3 is 2.40 bits per heavy atom. The molecule has 1 heterocycles. The molecule has 108 valence electrons. The van der Waals surface area contributed by atoms with Gasteiger partial charge in [0.25, 0.3) is 0 Å². The van der Waals surface area contributed by atoms with Gasteiger partial charge in [-0.2, -0.15) is 0 Å². The first kappa shape index (κ1) is 15.0. The van der Waals surface area contributed by atoms with Gasteiger partial charge < -0.3 is 10.2 Å². The van der Waals surface area contributed by atoms with Crippen LogP contribution in [-0.2, 0) is 13.0 Å². The molecule has 0 fully saturated rings. The summed E-state index contributed by atoms with van der Waals surface area (Å²) in [5.74, 6) is 0. The summed E-state index contributed by atoms with van der Waals surface area (Å²) in [5, 5.41) is 4.29. The first-order valence-corrected chi connectivity index (χ1v) is 7.82. The number of aryl methyl sites for hydroxylation is 3. The van der Waals surface area contributed by atoms with Crippen molar-refractivity contribution < 1.29 is 0 Å². The van der Waals surface area contributed by atoms with Crippen LogP contribution in [0, 0.1) is 13.8 Å². The zero-order valence-corrected chi connectivity index (χ0v) is 13.8. The minimum atomic E-state index is 0.890. The van der Waals surface area contributed by atoms with Gasteiger partial charge in [0.15, 0.2) is 5.13 Å². The van der Waals surface area contributed by atoms with E-state index in [0.717, 1.165) is 18.1 Å². The van der Waals surface area contributed by atoms with Crippen LogP contribution in [0.5, 0.6) is 0 Å². The molecule has 0 aliphatic heterocycles. The van der Waals surface area contributed by atoms with Gasteiger partial charge >= 0.3 is 0 Å². The van der Waals surface area contributed by atoms with Crippen molar-refractivity contribution in [1.82, 2.24) is 10.3 Å². The van der Waals surface area contributed by atoms with Crippen molar-refractivity contribution in [2.75, 3.05) is 19.0 Å². The van der Waals surface area contributed by atoms with Crippen molar-refractivity contribution in [2.24, 2.45) is 0 Å². The lowest BCUT2D eigenvalue weighted by Crippen LogP contribution is -2.09. The molecule has 0 amide bonds. The summed E-state index contributed by atoms with van der Waals surface area (Å²) in [4.78, 5) is 8.31. The molecule has 0 radical (unpaired) electrons. The molecule has 1 aromatic heterocycles. The second-order valence-electron chi connectivity index (χ2n) is 5.16. The number of aromatic nitrogens is 1. The Morgan fingerprint density at radius 2 is 1.85 bits per heavy atom. The van der Waals surface area contributed by atoms with Gasteiger partial charge in [0.05, 0.1) is 5.69 Å². The zero-order valence-electron chi connectivity index (χ0n) is 12.9. The highest BCUT2D eigenvalue weighted by Crippen LogP contribution is 2.31. The summed E-state index contributed by atoms with van der Waals surface area (Å²) in [6, 6.07) is 6.61. The topological polar surface area (TPSA) is 28.2 Å². The number of nitrogens with one attached hydrogen (secondary N) is 1. The predicted molar refractivity (Wildman–Crippen MR) is 88.2 cm³/mol. The Bertz CT molecular complexity index is 569. The summed E-state index contributed by atoms with van der Waals surface area (Å²) in [6.07, 6.45) is 0.980. The maximum absolute atomic E-state index is 4.79. The molecule has 0 saturated carbocycles. The van der Waals surface area contributed by atoms with Gasteiger partial charge in [0.1, 0.15) is 0 Å². The van der Waals surface area contributed by atoms with Crippen molar-refractivity contribution >= 4 is 22.2 Å². The number of rotatable bonds is 5. The Kier molecular flexibility index (Phi) is 4.78. The van der Waals surface area contributed by atoms with Crippen LogP contribution >= 0.6 is 11.3 Å². The summed E-state index contributed by atoms with van der Waals surface area (Å²) in [6.45, 7) is 7.32. The molecular weight excluding hydrogens is 266 g/mol. The van der Waals surface area contributed by atoms with Crippen LogP contribution in [0.1, 0.15) is 28.6 Å². The van der Waals surface area contributed by atoms with Crippen molar-refractivity contribution in [3.8, 4) is 0 Å². The molecule has 0 bridgehead atoms. The Hall–Kier alpha value is -1.39. The number of hydrogen-bond donors (Lipinski definition) is 1. The van der Waals surface area contributed by atoms with Gasteiger partial charge in [0.2, 0.25) is 0 Å². The van der Waals surface area contributed by atoms with Crippen molar-refractivity contribution in [2.45, 2.75) is 33.7 Å². The van der Waals surface area contributed by atoms with Crippen LogP contribution < -0.4 is 10.2 Å². The second-order valence-corrected chi connectivity index (χ2v) is 6.22. The molecular formula is C16H23N3S. The molecule has 20 heavy (non-hydrogen) atoms. The number of benzene rings is 1. The van der Waals surface area contributed by atoms with Crippen LogP contribution in [0.4, 0.5) is 10.8 Å². The van der Waals surface area contributed by atoms with Crippen LogP contribution in [0.15, 0.2) is 18.2 Å². The van der Waals surface area contributed by atoms with E-state index in [1.165, 1.54) is 27.4 Å². The fourth-order valence-corrected chi connectivity index (χ4v) is 3.49. The van der Waals surface area contributed by atoms with Crippen molar-refractivity contribution in [1.29, 1.82) is 0 Å². The van der Waals surface area contributed by atoms with Crippen molar-refractivity contribution in [3.05, 3.63) is 39.9 Å². The Morgan fingerprint density at radius 1 is 1.20 bits per heavy atom. The Labute approximate surface area is 125 Å². The summed E-state index contributed by atoms with van der Waals surface area (Å²) in [5.41, 5.74) is 4.98. The maximum Gasteiger partial charge on any atom is 0.190 e. The molecule has 0 aliphatic carbocycles. The molecule has 0 saturated heterocycles. The predicted octanol–water partition coefficient (Wildman–Crippen LogP) is 3.81. The smallest absolute Gasteiger partial charge is 0.190 e. The van der Waals surface area contributed by atoms with Gasteiger partial charge in [-0.15, -0.1) is 0 Å². The lowest BCUT2D eigenvalue weighted by atomic mass is 10.1. The largest absolute Gasteiger partial charge is 0.321 e. The summed E-state index contributed by atoms with van der Waals surface area (Å²) >= 11 is 1.78. The zero-order chi connectivity index (χ0) is 14.7. The van der Waals surface area contributed by atoms with Gasteiger partial charge in [-0.1, -0.05) is 24.3 Å². The van der Waals surface area contributed by atoms with E-state index in [1.54, 1.807) is 11.3 Å². The SMILES string of the molecule is CCc1nc(N(C)c2cc(C)cc(C)c2)sc1CNC. The van der Waals surface area contributed by atoms with Gasteiger partial charge in [-0.3, -0.25) is 0 Å². The Balaban J connectivity index is 2.34. The van der Waals surface area contributed by atoms with Crippen LogP contribution in [0.25, 0.3) is 0 Å². The van der Waals surface area contributed by atoms with Crippen LogP contribution in [-0.4, -0.2) is 19.1 Å². The van der Waals surface area contributed by atoms with E-state index in [9.17, 15) is 0 Å². The van der Waals surface area contributed by atoms with E-state index >= 15 is 0 Å². The third-order valence-corrected chi connectivity index (χ3v) is 4.49. The third kappa shape index (κ3) is 3.19. The fourth-order valence-electron chi connectivity index (χ4n) is 2.34. The maximum atomic E-state index is 4.79. The highest BCUT2D eigenvalue weighted by molar-refractivity contribution is 7.15. The molecule has 2 rings (SSSR count). The quantitative estimate of drug-likeness (QED) is 0.907. The average molecular weight is 289 g/mol. The average Bonchev–Trinajstić information content (AvgIpc) is 2.80. The van der Waals surface area contributed by atoms with E-state index in [0.29, 0.717) is 0 Å². The highest BCUT2D eigenvalue weighted by atomic mass is 32.1. The number of hydrogen-bond acceptors (Lipinski definition) is 4. The minimum Gasteiger partial charge on any atom is -0.321 e. The molecule has 0 spiro atoms. The number of nitrogens with zero attached hydrogens (tertiary/aromatic N) is 2. The molecule has 2 aromatic rings. The molecule has 1 aromatic carbocycles. The van der Waals surface area contributed by atoms with E-state index in [4.69, 9.17) is 4.98 Å². The standard InChI is InChI=1S/C16H23N3S/c1-6-14-15(10-17-4)20-16(18-14)19(5)13-8-11(2)7-12(3)9-13/h7-9,17H,6,10H2,1-5H3. The first-order chi connectivity index (χ1) is 9.55.